The molecule has 0 aromatic carbocycles. The van der Waals surface area contributed by atoms with Gasteiger partial charge in [0.1, 0.15) is 12.3 Å². The average molecular weight is 358 g/mol. The number of aromatic amines is 2. The van der Waals surface area contributed by atoms with E-state index in [1.807, 2.05) is 4.90 Å². The van der Waals surface area contributed by atoms with Crippen molar-refractivity contribution in [2.75, 3.05) is 33.4 Å². The first-order chi connectivity index (χ1) is 12.7. The van der Waals surface area contributed by atoms with Crippen LogP contribution >= 0.6 is 0 Å². The van der Waals surface area contributed by atoms with E-state index in [1.54, 1.807) is 23.5 Å². The molecule has 2 aliphatic rings. The summed E-state index contributed by atoms with van der Waals surface area (Å²) < 4.78 is 5.07. The normalized spacial score (nSPS) is 18.8. The van der Waals surface area contributed by atoms with E-state index in [1.165, 1.54) is 7.11 Å². The first-order valence-corrected chi connectivity index (χ1v) is 8.76. The van der Waals surface area contributed by atoms with Gasteiger partial charge in [-0.3, -0.25) is 14.7 Å². The molecule has 0 aliphatic carbocycles. The second-order valence-electron chi connectivity index (χ2n) is 6.75. The lowest BCUT2D eigenvalue weighted by atomic mass is 9.78. The van der Waals surface area contributed by atoms with Crippen LogP contribution < -0.4 is 0 Å². The SMILES string of the molecule is COCC(=O)N1CCc2[nH]cnc2C12CCN(C(=O)c1ccn[nH]1)CC2. The minimum atomic E-state index is -0.478. The van der Waals surface area contributed by atoms with E-state index in [0.29, 0.717) is 38.2 Å². The molecule has 2 aromatic rings. The number of rotatable bonds is 3. The van der Waals surface area contributed by atoms with Gasteiger partial charge in [0.25, 0.3) is 5.91 Å². The molecular weight excluding hydrogens is 336 g/mol. The molecule has 4 heterocycles. The van der Waals surface area contributed by atoms with Crippen molar-refractivity contribution in [3.05, 3.63) is 35.7 Å². The van der Waals surface area contributed by atoms with Gasteiger partial charge >= 0.3 is 0 Å². The number of nitrogens with one attached hydrogen (secondary N) is 2. The summed E-state index contributed by atoms with van der Waals surface area (Å²) in [5.41, 5.74) is 2.02. The molecule has 2 N–H and O–H groups in total. The van der Waals surface area contributed by atoms with Crippen LogP contribution in [0.1, 0.15) is 34.7 Å². The number of piperidine rings is 1. The number of carbonyl (C=O) groups excluding carboxylic acids is 2. The Kier molecular flexibility index (Phi) is 4.23. The third kappa shape index (κ3) is 2.59. The van der Waals surface area contributed by atoms with Crippen molar-refractivity contribution in [2.45, 2.75) is 24.8 Å². The van der Waals surface area contributed by atoms with Crippen LogP contribution in [-0.2, 0) is 21.5 Å². The smallest absolute Gasteiger partial charge is 0.271 e. The second kappa shape index (κ2) is 6.56. The van der Waals surface area contributed by atoms with E-state index < -0.39 is 5.54 Å². The Morgan fingerprint density at radius 1 is 1.31 bits per heavy atom. The zero-order valence-electron chi connectivity index (χ0n) is 14.7. The lowest BCUT2D eigenvalue weighted by molar-refractivity contribution is -0.145. The van der Waals surface area contributed by atoms with Crippen molar-refractivity contribution < 1.29 is 14.3 Å². The van der Waals surface area contributed by atoms with Gasteiger partial charge in [0.15, 0.2) is 0 Å². The first kappa shape index (κ1) is 16.8. The van der Waals surface area contributed by atoms with E-state index >= 15 is 0 Å². The standard InChI is InChI=1S/C17H22N6O3/c1-26-10-14(24)23-7-3-12-15(19-11-18-12)17(23)4-8-22(9-5-17)16(25)13-2-6-20-21-13/h2,6,11H,3-5,7-10H2,1H3,(H,18,19)(H,20,21). The van der Waals surface area contributed by atoms with Gasteiger partial charge in [-0.15, -0.1) is 0 Å². The van der Waals surface area contributed by atoms with Crippen LogP contribution in [0.25, 0.3) is 0 Å². The van der Waals surface area contributed by atoms with E-state index in [9.17, 15) is 9.59 Å². The van der Waals surface area contributed by atoms with Crippen molar-refractivity contribution >= 4 is 11.8 Å². The molecule has 4 rings (SSSR count). The molecular formula is C17H22N6O3. The van der Waals surface area contributed by atoms with Crippen molar-refractivity contribution in [2.24, 2.45) is 0 Å². The number of fused-ring (bicyclic) bond motifs is 2. The summed E-state index contributed by atoms with van der Waals surface area (Å²) in [6, 6.07) is 1.67. The second-order valence-corrected chi connectivity index (χ2v) is 6.75. The van der Waals surface area contributed by atoms with Crippen LogP contribution in [0.4, 0.5) is 0 Å². The monoisotopic (exact) mass is 358 g/mol. The first-order valence-electron chi connectivity index (χ1n) is 8.76. The number of aromatic nitrogens is 4. The van der Waals surface area contributed by atoms with E-state index in [2.05, 4.69) is 20.2 Å². The predicted molar refractivity (Wildman–Crippen MR) is 91.3 cm³/mol. The summed E-state index contributed by atoms with van der Waals surface area (Å²) in [4.78, 5) is 36.7. The molecule has 2 amide bonds. The Bertz CT molecular complexity index is 791. The molecule has 0 atom stereocenters. The minimum Gasteiger partial charge on any atom is -0.375 e. The number of nitrogens with zero attached hydrogens (tertiary/aromatic N) is 4. The summed E-state index contributed by atoms with van der Waals surface area (Å²) in [6.07, 6.45) is 5.32. The van der Waals surface area contributed by atoms with Crippen molar-refractivity contribution in [3.63, 3.8) is 0 Å². The molecule has 138 valence electrons. The zero-order valence-corrected chi connectivity index (χ0v) is 14.7. The van der Waals surface area contributed by atoms with Gasteiger partial charge in [-0.1, -0.05) is 0 Å². The van der Waals surface area contributed by atoms with Crippen molar-refractivity contribution in [1.82, 2.24) is 30.0 Å². The van der Waals surface area contributed by atoms with Crippen LogP contribution in [-0.4, -0.2) is 75.1 Å². The third-order valence-corrected chi connectivity index (χ3v) is 5.44. The predicted octanol–water partition coefficient (Wildman–Crippen LogP) is 0.295. The Morgan fingerprint density at radius 2 is 2.12 bits per heavy atom. The quantitative estimate of drug-likeness (QED) is 0.820. The van der Waals surface area contributed by atoms with Gasteiger partial charge in [-0.25, -0.2) is 4.98 Å². The lowest BCUT2D eigenvalue weighted by Gasteiger charge is -2.50. The molecule has 0 unspecified atom stereocenters. The lowest BCUT2D eigenvalue weighted by Crippen LogP contribution is -2.59. The zero-order chi connectivity index (χ0) is 18.1. The highest BCUT2D eigenvalue weighted by atomic mass is 16.5. The number of amides is 2. The van der Waals surface area contributed by atoms with Crippen LogP contribution in [0, 0.1) is 0 Å². The van der Waals surface area contributed by atoms with Crippen molar-refractivity contribution in [3.8, 4) is 0 Å². The number of likely N-dealkylation sites (tertiary alicyclic amines) is 1. The Hall–Kier alpha value is -2.68. The molecule has 26 heavy (non-hydrogen) atoms. The Balaban J connectivity index is 1.59. The molecule has 0 bridgehead atoms. The minimum absolute atomic E-state index is 0.0329. The van der Waals surface area contributed by atoms with Crippen molar-refractivity contribution in [1.29, 1.82) is 0 Å². The highest BCUT2D eigenvalue weighted by Gasteiger charge is 2.49. The molecule has 1 spiro atoms. The maximum atomic E-state index is 12.7. The summed E-state index contributed by atoms with van der Waals surface area (Å²) in [6.45, 7) is 1.80. The van der Waals surface area contributed by atoms with Gasteiger partial charge < -0.3 is 19.5 Å². The third-order valence-electron chi connectivity index (χ3n) is 5.44. The molecule has 0 radical (unpaired) electrons. The van der Waals surface area contributed by atoms with Gasteiger partial charge in [0, 0.05) is 45.1 Å². The van der Waals surface area contributed by atoms with Gasteiger partial charge in [-0.2, -0.15) is 5.10 Å². The molecule has 0 saturated carbocycles. The highest BCUT2D eigenvalue weighted by Crippen LogP contribution is 2.42. The number of ether oxygens (including phenoxy) is 1. The molecule has 9 heteroatoms. The molecule has 2 aromatic heterocycles. The number of H-pyrrole nitrogens is 2. The summed E-state index contributed by atoms with van der Waals surface area (Å²) >= 11 is 0. The number of hydrogen-bond acceptors (Lipinski definition) is 5. The number of imidazole rings is 1. The Morgan fingerprint density at radius 3 is 2.81 bits per heavy atom. The van der Waals surface area contributed by atoms with Crippen LogP contribution in [0.5, 0.6) is 0 Å². The number of carbonyl (C=O) groups is 2. The Labute approximate surface area is 150 Å². The van der Waals surface area contributed by atoms with E-state index in [0.717, 1.165) is 17.8 Å². The molecule has 2 aliphatic heterocycles. The largest absolute Gasteiger partial charge is 0.375 e. The number of methoxy groups -OCH3 is 1. The maximum absolute atomic E-state index is 12.7. The summed E-state index contributed by atoms with van der Waals surface area (Å²) in [5, 5.41) is 6.57. The topological polar surface area (TPSA) is 107 Å². The molecule has 1 saturated heterocycles. The summed E-state index contributed by atoms with van der Waals surface area (Å²) in [7, 11) is 1.53. The maximum Gasteiger partial charge on any atom is 0.271 e. The van der Waals surface area contributed by atoms with Crippen LogP contribution in [0.2, 0.25) is 0 Å². The highest BCUT2D eigenvalue weighted by molar-refractivity contribution is 5.92. The van der Waals surface area contributed by atoms with E-state index in [-0.39, 0.29) is 18.4 Å². The van der Waals surface area contributed by atoms with E-state index in [4.69, 9.17) is 4.74 Å². The fourth-order valence-corrected chi connectivity index (χ4v) is 4.17. The van der Waals surface area contributed by atoms with Crippen LogP contribution in [0.15, 0.2) is 18.6 Å². The van der Waals surface area contributed by atoms with Gasteiger partial charge in [-0.05, 0) is 18.9 Å². The molecule has 1 fully saturated rings. The summed E-state index contributed by atoms with van der Waals surface area (Å²) in [5.74, 6) is -0.0975. The van der Waals surface area contributed by atoms with Crippen LogP contribution in [0.3, 0.4) is 0 Å². The van der Waals surface area contributed by atoms with Gasteiger partial charge in [0.05, 0.1) is 17.6 Å². The van der Waals surface area contributed by atoms with Gasteiger partial charge in [0.2, 0.25) is 5.91 Å². The fraction of sp³-hybridized carbons (Fsp3) is 0.529. The average Bonchev–Trinajstić information content (AvgIpc) is 3.34. The molecule has 9 nitrogen and oxygen atoms in total. The fourth-order valence-electron chi connectivity index (χ4n) is 4.17. The number of hydrogen-bond donors (Lipinski definition) is 2.